The van der Waals surface area contributed by atoms with Crippen molar-refractivity contribution in [3.8, 4) is 0 Å². The van der Waals surface area contributed by atoms with Crippen LogP contribution >= 0.6 is 11.3 Å². The number of rotatable bonds is 3. The maximum absolute atomic E-state index is 12.9. The van der Waals surface area contributed by atoms with Gasteiger partial charge in [-0.05, 0) is 25.0 Å². The van der Waals surface area contributed by atoms with Gasteiger partial charge in [0.2, 0.25) is 5.89 Å². The molecule has 4 rings (SSSR count). The molecule has 1 saturated heterocycles. The number of hydrogen-bond acceptors (Lipinski definition) is 7. The first kappa shape index (κ1) is 15.2. The fourth-order valence-electron chi connectivity index (χ4n) is 2.88. The quantitative estimate of drug-likeness (QED) is 0.726. The molecule has 0 aromatic carbocycles. The molecule has 3 aromatic heterocycles. The van der Waals surface area contributed by atoms with Gasteiger partial charge in [0.05, 0.1) is 6.04 Å². The number of carbonyl (C=O) groups is 1. The molecule has 1 aliphatic heterocycles. The Labute approximate surface area is 142 Å². The lowest BCUT2D eigenvalue weighted by molar-refractivity contribution is 0.0728. The van der Waals surface area contributed by atoms with Crippen molar-refractivity contribution in [1.29, 1.82) is 0 Å². The van der Waals surface area contributed by atoms with Gasteiger partial charge < -0.3 is 9.42 Å². The zero-order valence-electron chi connectivity index (χ0n) is 13.5. The average molecular weight is 343 g/mol. The lowest BCUT2D eigenvalue weighted by atomic mass is 10.2. The average Bonchev–Trinajstić information content (AvgIpc) is 3.30. The molecule has 1 aliphatic rings. The number of aromatic nitrogens is 4. The molecule has 0 saturated carbocycles. The van der Waals surface area contributed by atoms with Gasteiger partial charge in [0.1, 0.15) is 10.3 Å². The van der Waals surface area contributed by atoms with Crippen LogP contribution in [0.2, 0.25) is 0 Å². The van der Waals surface area contributed by atoms with Crippen LogP contribution in [0.25, 0.3) is 10.3 Å². The van der Waals surface area contributed by atoms with Crippen molar-refractivity contribution in [1.82, 2.24) is 25.0 Å². The standard InChI is InChI=1S/C16H17N5O2S/c1-9(2)13-19-12(20-23-13)11-6-4-8-21(11)16(22)15-18-10-5-3-7-17-14(10)24-15/h3,5,7,9,11H,4,6,8H2,1-2H3/t11-/m1/s1. The summed E-state index contributed by atoms with van der Waals surface area (Å²) in [6.45, 7) is 4.68. The summed E-state index contributed by atoms with van der Waals surface area (Å²) >= 11 is 1.32. The van der Waals surface area contributed by atoms with Gasteiger partial charge in [-0.15, -0.1) is 0 Å². The molecule has 0 radical (unpaired) electrons. The second kappa shape index (κ2) is 5.94. The molecule has 1 amide bonds. The number of fused-ring (bicyclic) bond motifs is 1. The molecule has 3 aromatic rings. The van der Waals surface area contributed by atoms with E-state index in [4.69, 9.17) is 4.52 Å². The molecule has 0 bridgehead atoms. The Balaban J connectivity index is 1.62. The van der Waals surface area contributed by atoms with Gasteiger partial charge in [0, 0.05) is 18.7 Å². The molecule has 7 nitrogen and oxygen atoms in total. The van der Waals surface area contributed by atoms with E-state index in [0.717, 1.165) is 23.2 Å². The summed E-state index contributed by atoms with van der Waals surface area (Å²) in [5.74, 6) is 1.28. The van der Waals surface area contributed by atoms with Crippen LogP contribution in [0, 0.1) is 0 Å². The molecule has 8 heteroatoms. The van der Waals surface area contributed by atoms with Gasteiger partial charge in [-0.2, -0.15) is 4.98 Å². The zero-order chi connectivity index (χ0) is 16.7. The Bertz CT molecular complexity index is 854. The molecule has 0 unspecified atom stereocenters. The topological polar surface area (TPSA) is 85.0 Å². The molecular weight excluding hydrogens is 326 g/mol. The lowest BCUT2D eigenvalue weighted by Crippen LogP contribution is -2.31. The second-order valence-electron chi connectivity index (χ2n) is 6.15. The minimum atomic E-state index is -0.145. The van der Waals surface area contributed by atoms with Crippen LogP contribution in [0.3, 0.4) is 0 Å². The summed E-state index contributed by atoms with van der Waals surface area (Å²) in [4.78, 5) is 28.6. The SMILES string of the molecule is CC(C)c1nc([C@H]2CCCN2C(=O)c2nc3cccnc3s2)no1. The summed E-state index contributed by atoms with van der Waals surface area (Å²) in [6, 6.07) is 3.54. The Morgan fingerprint density at radius 1 is 1.42 bits per heavy atom. The minimum Gasteiger partial charge on any atom is -0.339 e. The first-order chi connectivity index (χ1) is 11.6. The highest BCUT2D eigenvalue weighted by molar-refractivity contribution is 7.19. The van der Waals surface area contributed by atoms with Gasteiger partial charge in [0.25, 0.3) is 5.91 Å². The summed E-state index contributed by atoms with van der Waals surface area (Å²) in [6.07, 6.45) is 3.47. The molecule has 4 heterocycles. The number of hydrogen-bond donors (Lipinski definition) is 0. The highest BCUT2D eigenvalue weighted by atomic mass is 32.1. The second-order valence-corrected chi connectivity index (χ2v) is 7.13. The first-order valence-electron chi connectivity index (χ1n) is 7.99. The third-order valence-electron chi connectivity index (χ3n) is 4.11. The van der Waals surface area contributed by atoms with E-state index in [1.807, 2.05) is 26.0 Å². The smallest absolute Gasteiger partial charge is 0.283 e. The number of carbonyl (C=O) groups excluding carboxylic acids is 1. The van der Waals surface area contributed by atoms with E-state index in [2.05, 4.69) is 20.1 Å². The fraction of sp³-hybridized carbons (Fsp3) is 0.438. The summed E-state index contributed by atoms with van der Waals surface area (Å²) in [5, 5.41) is 4.54. The van der Waals surface area contributed by atoms with E-state index in [1.54, 1.807) is 11.1 Å². The summed E-state index contributed by atoms with van der Waals surface area (Å²) in [7, 11) is 0. The molecule has 24 heavy (non-hydrogen) atoms. The summed E-state index contributed by atoms with van der Waals surface area (Å²) < 4.78 is 5.30. The third kappa shape index (κ3) is 2.56. The predicted molar refractivity (Wildman–Crippen MR) is 88.8 cm³/mol. The van der Waals surface area contributed by atoms with Crippen molar-refractivity contribution in [2.45, 2.75) is 38.6 Å². The maximum Gasteiger partial charge on any atom is 0.283 e. The number of thiazole rings is 1. The van der Waals surface area contributed by atoms with Gasteiger partial charge in [0.15, 0.2) is 10.8 Å². The van der Waals surface area contributed by atoms with Crippen molar-refractivity contribution < 1.29 is 9.32 Å². The summed E-state index contributed by atoms with van der Waals surface area (Å²) in [5.41, 5.74) is 0.753. The van der Waals surface area contributed by atoms with E-state index >= 15 is 0 Å². The fourth-order valence-corrected chi connectivity index (χ4v) is 3.74. The van der Waals surface area contributed by atoms with Crippen molar-refractivity contribution >= 4 is 27.6 Å². The molecule has 0 N–H and O–H groups in total. The van der Waals surface area contributed by atoms with Gasteiger partial charge in [-0.1, -0.05) is 30.3 Å². The van der Waals surface area contributed by atoms with Crippen molar-refractivity contribution in [2.75, 3.05) is 6.54 Å². The Morgan fingerprint density at radius 3 is 3.04 bits per heavy atom. The van der Waals surface area contributed by atoms with Crippen LogP contribution in [0.5, 0.6) is 0 Å². The number of pyridine rings is 1. The number of nitrogens with zero attached hydrogens (tertiary/aromatic N) is 5. The highest BCUT2D eigenvalue weighted by Gasteiger charge is 2.35. The third-order valence-corrected chi connectivity index (χ3v) is 5.08. The lowest BCUT2D eigenvalue weighted by Gasteiger charge is -2.20. The largest absolute Gasteiger partial charge is 0.339 e. The molecule has 124 valence electrons. The maximum atomic E-state index is 12.9. The van der Waals surface area contributed by atoms with Gasteiger partial charge in [-0.3, -0.25) is 4.79 Å². The van der Waals surface area contributed by atoms with Crippen molar-refractivity contribution in [3.63, 3.8) is 0 Å². The minimum absolute atomic E-state index is 0.0867. The number of likely N-dealkylation sites (tertiary alicyclic amines) is 1. The van der Waals surface area contributed by atoms with Crippen LogP contribution in [-0.2, 0) is 0 Å². The normalized spacial score (nSPS) is 18.0. The zero-order valence-corrected chi connectivity index (χ0v) is 14.3. The van der Waals surface area contributed by atoms with Crippen molar-refractivity contribution in [2.24, 2.45) is 0 Å². The monoisotopic (exact) mass is 343 g/mol. The molecule has 0 spiro atoms. The van der Waals surface area contributed by atoms with Crippen LogP contribution in [0.1, 0.15) is 60.2 Å². The predicted octanol–water partition coefficient (Wildman–Crippen LogP) is 3.18. The van der Waals surface area contributed by atoms with Crippen LogP contribution < -0.4 is 0 Å². The van der Waals surface area contributed by atoms with E-state index in [1.165, 1.54) is 11.3 Å². The van der Waals surface area contributed by atoms with E-state index in [-0.39, 0.29) is 17.9 Å². The van der Waals surface area contributed by atoms with E-state index < -0.39 is 0 Å². The number of amides is 1. The van der Waals surface area contributed by atoms with Gasteiger partial charge >= 0.3 is 0 Å². The molecular formula is C16H17N5O2S. The van der Waals surface area contributed by atoms with E-state index in [9.17, 15) is 4.79 Å². The first-order valence-corrected chi connectivity index (χ1v) is 8.81. The van der Waals surface area contributed by atoms with Crippen LogP contribution in [-0.4, -0.2) is 37.5 Å². The Hall–Kier alpha value is -2.35. The molecule has 1 fully saturated rings. The Morgan fingerprint density at radius 2 is 2.29 bits per heavy atom. The van der Waals surface area contributed by atoms with Crippen LogP contribution in [0.15, 0.2) is 22.9 Å². The van der Waals surface area contributed by atoms with Gasteiger partial charge in [-0.25, -0.2) is 9.97 Å². The van der Waals surface area contributed by atoms with Crippen LogP contribution in [0.4, 0.5) is 0 Å². The van der Waals surface area contributed by atoms with E-state index in [0.29, 0.717) is 23.3 Å². The van der Waals surface area contributed by atoms with Crippen molar-refractivity contribution in [3.05, 3.63) is 35.1 Å². The molecule has 0 aliphatic carbocycles. The molecule has 1 atom stereocenters. The Kier molecular flexibility index (Phi) is 3.76. The highest BCUT2D eigenvalue weighted by Crippen LogP contribution is 2.33.